The van der Waals surface area contributed by atoms with Crippen LogP contribution in [0.3, 0.4) is 0 Å². The Morgan fingerprint density at radius 3 is 2.60 bits per heavy atom. The number of carbonyl (C=O) groups excluding carboxylic acids is 2. The first-order valence-electron chi connectivity index (χ1n) is 11.6. The molecule has 0 bridgehead atoms. The van der Waals surface area contributed by atoms with E-state index < -0.39 is 5.91 Å². The first-order chi connectivity index (χ1) is 16.9. The molecule has 180 valence electrons. The number of nitrogens with zero attached hydrogens (tertiary/aromatic N) is 1. The Kier molecular flexibility index (Phi) is 7.85. The molecule has 0 aromatic heterocycles. The van der Waals surface area contributed by atoms with E-state index in [1.54, 1.807) is 36.4 Å². The topological polar surface area (TPSA) is 70.7 Å². The molecule has 4 rings (SSSR count). The number of ether oxygens (including phenoxy) is 1. The van der Waals surface area contributed by atoms with Crippen LogP contribution < -0.4 is 15.4 Å². The molecule has 0 spiro atoms. The fourth-order valence-electron chi connectivity index (χ4n) is 3.92. The molecule has 0 fully saturated rings. The van der Waals surface area contributed by atoms with E-state index in [9.17, 15) is 9.59 Å². The van der Waals surface area contributed by atoms with E-state index in [2.05, 4.69) is 34.6 Å². The number of anilines is 1. The van der Waals surface area contributed by atoms with Crippen LogP contribution in [0.4, 0.5) is 5.69 Å². The third-order valence-corrected chi connectivity index (χ3v) is 6.13. The van der Waals surface area contributed by atoms with E-state index in [1.807, 2.05) is 37.4 Å². The van der Waals surface area contributed by atoms with Crippen LogP contribution in [0.15, 0.2) is 78.6 Å². The molecular weight excluding hydrogens is 462 g/mol. The van der Waals surface area contributed by atoms with Crippen LogP contribution in [0.1, 0.15) is 34.8 Å². The van der Waals surface area contributed by atoms with Gasteiger partial charge in [0, 0.05) is 29.7 Å². The predicted molar refractivity (Wildman–Crippen MR) is 139 cm³/mol. The third kappa shape index (κ3) is 6.29. The van der Waals surface area contributed by atoms with Gasteiger partial charge in [0.15, 0.2) is 11.5 Å². The molecule has 3 aromatic carbocycles. The molecule has 0 saturated heterocycles. The maximum Gasteiger partial charge on any atom is 0.291 e. The summed E-state index contributed by atoms with van der Waals surface area (Å²) in [4.78, 5) is 27.7. The Morgan fingerprint density at radius 1 is 1.11 bits per heavy atom. The lowest BCUT2D eigenvalue weighted by Crippen LogP contribution is -2.42. The zero-order valence-electron chi connectivity index (χ0n) is 19.8. The summed E-state index contributed by atoms with van der Waals surface area (Å²) in [7, 11) is 2.04. The second kappa shape index (κ2) is 11.2. The van der Waals surface area contributed by atoms with Crippen molar-refractivity contribution in [3.05, 3.63) is 100 Å². The van der Waals surface area contributed by atoms with Gasteiger partial charge in [-0.25, -0.2) is 0 Å². The molecule has 0 unspecified atom stereocenters. The van der Waals surface area contributed by atoms with Gasteiger partial charge >= 0.3 is 0 Å². The summed E-state index contributed by atoms with van der Waals surface area (Å²) in [5, 5.41) is 6.44. The first-order valence-corrected chi connectivity index (χ1v) is 11.9. The lowest BCUT2D eigenvalue weighted by atomic mass is 10.1. The number of hydrogen-bond acceptors (Lipinski definition) is 4. The fraction of sp³-hybridized carbons (Fsp3) is 0.214. The molecule has 2 N–H and O–H groups in total. The van der Waals surface area contributed by atoms with Crippen LogP contribution in [0.25, 0.3) is 6.08 Å². The highest BCUT2D eigenvalue weighted by molar-refractivity contribution is 6.32. The Morgan fingerprint density at radius 2 is 1.86 bits per heavy atom. The summed E-state index contributed by atoms with van der Waals surface area (Å²) in [6.45, 7) is 3.58. The van der Waals surface area contributed by atoms with Gasteiger partial charge in [0.2, 0.25) is 0 Å². The van der Waals surface area contributed by atoms with Crippen molar-refractivity contribution in [3.63, 3.8) is 0 Å². The maximum atomic E-state index is 13.0. The maximum absolute atomic E-state index is 13.0. The quantitative estimate of drug-likeness (QED) is 0.418. The normalized spacial score (nSPS) is 14.7. The van der Waals surface area contributed by atoms with E-state index in [4.69, 9.17) is 16.3 Å². The number of hydrogen-bond donors (Lipinski definition) is 2. The van der Waals surface area contributed by atoms with Crippen molar-refractivity contribution < 1.29 is 14.3 Å². The number of fused-ring (bicyclic) bond motifs is 1. The van der Waals surface area contributed by atoms with Crippen molar-refractivity contribution >= 4 is 35.2 Å². The molecule has 1 atom stereocenters. The molecule has 1 heterocycles. The molecule has 35 heavy (non-hydrogen) atoms. The average Bonchev–Trinajstić information content (AvgIpc) is 2.85. The Labute approximate surface area is 210 Å². The number of benzene rings is 3. The summed E-state index contributed by atoms with van der Waals surface area (Å²) in [6.07, 6.45) is 2.39. The average molecular weight is 490 g/mol. The number of nitrogens with one attached hydrogen (secondary N) is 2. The van der Waals surface area contributed by atoms with Gasteiger partial charge in [-0.3, -0.25) is 9.59 Å². The number of carbonyl (C=O) groups is 2. The summed E-state index contributed by atoms with van der Waals surface area (Å²) in [5.41, 5.74) is 2.81. The highest BCUT2D eigenvalue weighted by Crippen LogP contribution is 2.33. The van der Waals surface area contributed by atoms with Crippen LogP contribution >= 0.6 is 11.6 Å². The van der Waals surface area contributed by atoms with Gasteiger partial charge in [-0.15, -0.1) is 0 Å². The van der Waals surface area contributed by atoms with Gasteiger partial charge in [0.05, 0.1) is 5.69 Å². The van der Waals surface area contributed by atoms with Crippen LogP contribution in [0.2, 0.25) is 5.02 Å². The Hall–Kier alpha value is -3.61. The molecule has 6 nitrogen and oxygen atoms in total. The largest absolute Gasteiger partial charge is 0.449 e. The lowest BCUT2D eigenvalue weighted by Gasteiger charge is -2.25. The van der Waals surface area contributed by atoms with Crippen LogP contribution in [-0.4, -0.2) is 36.3 Å². The minimum Gasteiger partial charge on any atom is -0.449 e. The SMILES string of the molecule is CC[C@H](CN(C)Cc1ccccc1)NC(=O)c1ccc2c(c1)NC(=O)/C(=C/c1ccccc1Cl)O2. The summed E-state index contributed by atoms with van der Waals surface area (Å²) < 4.78 is 5.80. The molecule has 0 radical (unpaired) electrons. The molecule has 1 aliphatic rings. The van der Waals surface area contributed by atoms with Crippen molar-refractivity contribution in [2.45, 2.75) is 25.9 Å². The van der Waals surface area contributed by atoms with Gasteiger partial charge in [-0.05, 0) is 54.9 Å². The van der Waals surface area contributed by atoms with E-state index in [-0.39, 0.29) is 17.7 Å². The Bertz CT molecular complexity index is 1240. The number of amides is 2. The molecule has 0 saturated carbocycles. The second-order valence-electron chi connectivity index (χ2n) is 8.56. The van der Waals surface area contributed by atoms with Crippen molar-refractivity contribution in [2.75, 3.05) is 18.9 Å². The van der Waals surface area contributed by atoms with E-state index in [1.165, 1.54) is 5.56 Å². The van der Waals surface area contributed by atoms with Crippen molar-refractivity contribution in [1.82, 2.24) is 10.2 Å². The number of likely N-dealkylation sites (N-methyl/N-ethyl adjacent to an activating group) is 1. The summed E-state index contributed by atoms with van der Waals surface area (Å²) >= 11 is 6.19. The standard InChI is InChI=1S/C28H28ClN3O3/c1-3-22(18-32(2)17-19-9-5-4-6-10-19)30-27(33)21-13-14-25-24(15-21)31-28(34)26(35-25)16-20-11-7-8-12-23(20)29/h4-16,22H,3,17-18H2,1-2H3,(H,30,33)(H,31,34)/b26-16-/t22-/m1/s1. The number of halogens is 1. The number of rotatable bonds is 8. The van der Waals surface area contributed by atoms with Crippen molar-refractivity contribution in [2.24, 2.45) is 0 Å². The fourth-order valence-corrected chi connectivity index (χ4v) is 4.11. The molecule has 0 aliphatic carbocycles. The van der Waals surface area contributed by atoms with Crippen molar-refractivity contribution in [1.29, 1.82) is 0 Å². The molecule has 7 heteroatoms. The minimum atomic E-state index is -0.399. The summed E-state index contributed by atoms with van der Waals surface area (Å²) in [5.74, 6) is 0.00718. The van der Waals surface area contributed by atoms with Crippen LogP contribution in [0, 0.1) is 0 Å². The summed E-state index contributed by atoms with van der Waals surface area (Å²) in [6, 6.07) is 22.4. The van der Waals surface area contributed by atoms with Gasteiger partial charge in [-0.1, -0.05) is 67.1 Å². The van der Waals surface area contributed by atoms with E-state index in [0.717, 1.165) is 19.5 Å². The van der Waals surface area contributed by atoms with Crippen LogP contribution in [0.5, 0.6) is 5.75 Å². The highest BCUT2D eigenvalue weighted by Gasteiger charge is 2.24. The first kappa shape index (κ1) is 24.5. The molecular formula is C28H28ClN3O3. The minimum absolute atomic E-state index is 0.0109. The Balaban J connectivity index is 1.41. The van der Waals surface area contributed by atoms with E-state index in [0.29, 0.717) is 27.6 Å². The van der Waals surface area contributed by atoms with Crippen molar-refractivity contribution in [3.8, 4) is 5.75 Å². The van der Waals surface area contributed by atoms with Gasteiger partial charge in [0.25, 0.3) is 11.8 Å². The molecule has 1 aliphatic heterocycles. The smallest absolute Gasteiger partial charge is 0.291 e. The molecule has 3 aromatic rings. The van der Waals surface area contributed by atoms with Crippen LogP contribution in [-0.2, 0) is 11.3 Å². The third-order valence-electron chi connectivity index (χ3n) is 5.78. The zero-order valence-corrected chi connectivity index (χ0v) is 20.5. The monoisotopic (exact) mass is 489 g/mol. The highest BCUT2D eigenvalue weighted by atomic mass is 35.5. The van der Waals surface area contributed by atoms with Gasteiger partial charge < -0.3 is 20.3 Å². The van der Waals surface area contributed by atoms with Gasteiger partial charge in [-0.2, -0.15) is 0 Å². The zero-order chi connectivity index (χ0) is 24.8. The second-order valence-corrected chi connectivity index (χ2v) is 8.97. The van der Waals surface area contributed by atoms with E-state index >= 15 is 0 Å². The lowest BCUT2D eigenvalue weighted by molar-refractivity contribution is -0.115. The van der Waals surface area contributed by atoms with Gasteiger partial charge in [0.1, 0.15) is 0 Å². The molecule has 2 amide bonds. The predicted octanol–water partition coefficient (Wildman–Crippen LogP) is 5.35.